The predicted molar refractivity (Wildman–Crippen MR) is 66.8 cm³/mol. The van der Waals surface area contributed by atoms with Gasteiger partial charge in [-0.1, -0.05) is 6.92 Å². The Morgan fingerprint density at radius 2 is 1.95 bits per heavy atom. The van der Waals surface area contributed by atoms with Crippen molar-refractivity contribution >= 4 is 18.0 Å². The topological polar surface area (TPSA) is 107 Å². The number of hydrogen-bond acceptors (Lipinski definition) is 3. The van der Waals surface area contributed by atoms with Crippen LogP contribution in [0, 0.1) is 5.92 Å². The Morgan fingerprint density at radius 3 is 2.53 bits per heavy atom. The average molecular weight is 272 g/mol. The fraction of sp³-hybridized carbons (Fsp3) is 0.750. The lowest BCUT2D eigenvalue weighted by molar-refractivity contribution is -0.145. The van der Waals surface area contributed by atoms with Crippen LogP contribution in [0.1, 0.15) is 32.6 Å². The minimum atomic E-state index is -1.38. The molecule has 0 spiro atoms. The lowest BCUT2D eigenvalue weighted by Gasteiger charge is -2.23. The largest absolute Gasteiger partial charge is 0.481 e. The quantitative estimate of drug-likeness (QED) is 0.700. The third-order valence-electron chi connectivity index (χ3n) is 3.28. The highest BCUT2D eigenvalue weighted by atomic mass is 16.4. The number of rotatable bonds is 4. The molecule has 108 valence electrons. The number of likely N-dealkylation sites (tertiary alicyclic amines) is 1. The fourth-order valence-electron chi connectivity index (χ4n) is 2.08. The molecule has 0 aromatic carbocycles. The third kappa shape index (κ3) is 5.15. The Kier molecular flexibility index (Phi) is 5.59. The van der Waals surface area contributed by atoms with Gasteiger partial charge in [0, 0.05) is 13.1 Å². The van der Waals surface area contributed by atoms with Crippen molar-refractivity contribution in [3.63, 3.8) is 0 Å². The van der Waals surface area contributed by atoms with Crippen molar-refractivity contribution in [2.24, 2.45) is 5.92 Å². The molecule has 1 rings (SSSR count). The first kappa shape index (κ1) is 15.3. The summed E-state index contributed by atoms with van der Waals surface area (Å²) in [5.74, 6) is -2.04. The molecular weight excluding hydrogens is 252 g/mol. The van der Waals surface area contributed by atoms with E-state index in [9.17, 15) is 14.4 Å². The number of carboxylic acid groups (broad SMARTS) is 2. The molecule has 1 fully saturated rings. The molecule has 0 aromatic rings. The Balaban J connectivity index is 2.55. The number of carbonyl (C=O) groups is 3. The maximum absolute atomic E-state index is 11.9. The van der Waals surface area contributed by atoms with Gasteiger partial charge in [0.15, 0.2) is 0 Å². The van der Waals surface area contributed by atoms with E-state index in [0.29, 0.717) is 19.0 Å². The highest BCUT2D eigenvalue weighted by molar-refractivity contribution is 5.86. The molecule has 7 nitrogen and oxygen atoms in total. The van der Waals surface area contributed by atoms with Crippen LogP contribution in [0.2, 0.25) is 0 Å². The summed E-state index contributed by atoms with van der Waals surface area (Å²) in [6, 6.07) is -1.88. The molecule has 0 aliphatic carbocycles. The number of hydrogen-bond donors (Lipinski definition) is 3. The van der Waals surface area contributed by atoms with Crippen LogP contribution in [0.3, 0.4) is 0 Å². The van der Waals surface area contributed by atoms with Crippen molar-refractivity contribution in [3.05, 3.63) is 0 Å². The number of nitrogens with one attached hydrogen (secondary N) is 1. The number of nitrogens with zero attached hydrogens (tertiary/aromatic N) is 1. The maximum atomic E-state index is 11.9. The molecule has 1 heterocycles. The summed E-state index contributed by atoms with van der Waals surface area (Å²) in [5, 5.41) is 19.7. The first-order valence-electron chi connectivity index (χ1n) is 6.40. The van der Waals surface area contributed by atoms with E-state index in [1.807, 2.05) is 0 Å². The van der Waals surface area contributed by atoms with Crippen molar-refractivity contribution in [1.82, 2.24) is 10.2 Å². The first-order chi connectivity index (χ1) is 8.90. The highest BCUT2D eigenvalue weighted by Gasteiger charge is 2.26. The van der Waals surface area contributed by atoms with E-state index in [1.165, 1.54) is 0 Å². The van der Waals surface area contributed by atoms with E-state index in [0.717, 1.165) is 19.3 Å². The molecule has 0 bridgehead atoms. The van der Waals surface area contributed by atoms with Gasteiger partial charge in [-0.3, -0.25) is 4.79 Å². The van der Waals surface area contributed by atoms with E-state index in [4.69, 9.17) is 10.2 Å². The van der Waals surface area contributed by atoms with Crippen molar-refractivity contribution in [2.75, 3.05) is 13.1 Å². The van der Waals surface area contributed by atoms with Crippen LogP contribution in [-0.4, -0.2) is 52.2 Å². The monoisotopic (exact) mass is 272 g/mol. The second kappa shape index (κ2) is 6.96. The molecular formula is C12H20N2O5. The molecule has 0 saturated carbocycles. The van der Waals surface area contributed by atoms with E-state index in [1.54, 1.807) is 4.90 Å². The lowest BCUT2D eigenvalue weighted by Crippen LogP contribution is -2.49. The SMILES string of the molecule is CC1CCCN(C(=O)NC(CC(=O)O)C(=O)O)CC1. The molecule has 0 aromatic heterocycles. The summed E-state index contributed by atoms with van der Waals surface area (Å²) in [4.78, 5) is 34.9. The van der Waals surface area contributed by atoms with Gasteiger partial charge in [-0.2, -0.15) is 0 Å². The molecule has 7 heteroatoms. The zero-order valence-corrected chi connectivity index (χ0v) is 11.0. The third-order valence-corrected chi connectivity index (χ3v) is 3.28. The van der Waals surface area contributed by atoms with E-state index in [2.05, 4.69) is 12.2 Å². The molecule has 2 amide bonds. The van der Waals surface area contributed by atoms with Gasteiger partial charge in [-0.05, 0) is 25.2 Å². The van der Waals surface area contributed by atoms with Gasteiger partial charge >= 0.3 is 18.0 Å². The van der Waals surface area contributed by atoms with E-state index >= 15 is 0 Å². The molecule has 2 atom stereocenters. The summed E-state index contributed by atoms with van der Waals surface area (Å²) in [7, 11) is 0. The van der Waals surface area contributed by atoms with Gasteiger partial charge in [0.05, 0.1) is 6.42 Å². The van der Waals surface area contributed by atoms with Crippen LogP contribution < -0.4 is 5.32 Å². The summed E-state index contributed by atoms with van der Waals surface area (Å²) < 4.78 is 0. The average Bonchev–Trinajstić information content (AvgIpc) is 2.52. The summed E-state index contributed by atoms with van der Waals surface area (Å²) in [6.07, 6.45) is 2.18. The minimum Gasteiger partial charge on any atom is -0.481 e. The van der Waals surface area contributed by atoms with Gasteiger partial charge in [0.1, 0.15) is 6.04 Å². The van der Waals surface area contributed by atoms with Crippen LogP contribution >= 0.6 is 0 Å². The zero-order chi connectivity index (χ0) is 14.4. The van der Waals surface area contributed by atoms with Gasteiger partial charge < -0.3 is 20.4 Å². The summed E-state index contributed by atoms with van der Waals surface area (Å²) >= 11 is 0. The van der Waals surface area contributed by atoms with Crippen molar-refractivity contribution in [3.8, 4) is 0 Å². The number of carbonyl (C=O) groups excluding carboxylic acids is 1. The number of carboxylic acids is 2. The molecule has 1 aliphatic rings. The van der Waals surface area contributed by atoms with E-state index < -0.39 is 30.4 Å². The Morgan fingerprint density at radius 1 is 1.26 bits per heavy atom. The zero-order valence-electron chi connectivity index (χ0n) is 11.0. The van der Waals surface area contributed by atoms with Crippen LogP contribution in [0.25, 0.3) is 0 Å². The standard InChI is InChI=1S/C12H20N2O5/c1-8-3-2-5-14(6-4-8)12(19)13-9(11(17)18)7-10(15)16/h8-9H,2-7H2,1H3,(H,13,19)(H,15,16)(H,17,18). The molecule has 19 heavy (non-hydrogen) atoms. The number of urea groups is 1. The van der Waals surface area contributed by atoms with Crippen LogP contribution in [0.4, 0.5) is 4.79 Å². The lowest BCUT2D eigenvalue weighted by atomic mass is 10.0. The van der Waals surface area contributed by atoms with Crippen LogP contribution in [0.15, 0.2) is 0 Å². The minimum absolute atomic E-state index is 0.497. The van der Waals surface area contributed by atoms with Gasteiger partial charge in [0.2, 0.25) is 0 Å². The first-order valence-corrected chi connectivity index (χ1v) is 6.40. The molecule has 1 saturated heterocycles. The van der Waals surface area contributed by atoms with E-state index in [-0.39, 0.29) is 0 Å². The van der Waals surface area contributed by atoms with Crippen LogP contribution in [0.5, 0.6) is 0 Å². The van der Waals surface area contributed by atoms with Crippen molar-refractivity contribution in [1.29, 1.82) is 0 Å². The number of aliphatic carboxylic acids is 2. The summed E-state index contributed by atoms with van der Waals surface area (Å²) in [5.41, 5.74) is 0. The van der Waals surface area contributed by atoms with Crippen molar-refractivity contribution in [2.45, 2.75) is 38.6 Å². The number of amides is 2. The predicted octanol–water partition coefficient (Wildman–Crippen LogP) is 0.746. The van der Waals surface area contributed by atoms with Crippen LogP contribution in [-0.2, 0) is 9.59 Å². The molecule has 0 radical (unpaired) electrons. The maximum Gasteiger partial charge on any atom is 0.326 e. The summed E-state index contributed by atoms with van der Waals surface area (Å²) in [6.45, 7) is 3.27. The Labute approximate surface area is 111 Å². The Bertz CT molecular complexity index is 358. The normalized spacial score (nSPS) is 21.3. The molecule has 1 aliphatic heterocycles. The van der Waals surface area contributed by atoms with Gasteiger partial charge in [-0.15, -0.1) is 0 Å². The van der Waals surface area contributed by atoms with Crippen molar-refractivity contribution < 1.29 is 24.6 Å². The van der Waals surface area contributed by atoms with Gasteiger partial charge in [-0.25, -0.2) is 9.59 Å². The second-order valence-corrected chi connectivity index (χ2v) is 4.96. The molecule has 3 N–H and O–H groups in total. The smallest absolute Gasteiger partial charge is 0.326 e. The highest BCUT2D eigenvalue weighted by Crippen LogP contribution is 2.16. The Hall–Kier alpha value is -1.79. The fourth-order valence-corrected chi connectivity index (χ4v) is 2.08. The van der Waals surface area contributed by atoms with Gasteiger partial charge in [0.25, 0.3) is 0 Å². The second-order valence-electron chi connectivity index (χ2n) is 4.96. The molecule has 2 unspecified atom stereocenters.